The molecule has 0 fully saturated rings. The van der Waals surface area contributed by atoms with Crippen LogP contribution in [0.5, 0.6) is 11.5 Å². The summed E-state index contributed by atoms with van der Waals surface area (Å²) in [6, 6.07) is 19.3. The van der Waals surface area contributed by atoms with Crippen molar-refractivity contribution >= 4 is 56.4 Å². The van der Waals surface area contributed by atoms with Crippen LogP contribution in [0.25, 0.3) is 0 Å². The number of hydrogen-bond acceptors (Lipinski definition) is 5. The molecule has 3 rings (SSSR count). The number of amides is 2. The van der Waals surface area contributed by atoms with Crippen molar-refractivity contribution in [3.63, 3.8) is 0 Å². The Bertz CT molecular complexity index is 1250. The van der Waals surface area contributed by atoms with E-state index in [1.54, 1.807) is 60.7 Å². The van der Waals surface area contributed by atoms with Crippen LogP contribution in [0.3, 0.4) is 0 Å². The molecule has 0 saturated carbocycles. The zero-order valence-electron chi connectivity index (χ0n) is 21.5. The van der Waals surface area contributed by atoms with Crippen molar-refractivity contribution in [1.29, 1.82) is 0 Å². The van der Waals surface area contributed by atoms with Gasteiger partial charge in [-0.05, 0) is 80.2 Å². The quantitative estimate of drug-likeness (QED) is 0.151. The maximum absolute atomic E-state index is 13.1. The number of anilines is 2. The molecule has 38 heavy (non-hydrogen) atoms. The van der Waals surface area contributed by atoms with Crippen molar-refractivity contribution in [2.24, 2.45) is 0 Å². The Morgan fingerprint density at radius 2 is 1.61 bits per heavy atom. The van der Waals surface area contributed by atoms with Crippen molar-refractivity contribution in [1.82, 2.24) is 5.32 Å². The molecule has 0 aromatic heterocycles. The number of nitrogens with one attached hydrogen (secondary N) is 3. The number of carbonyl (C=O) groups is 2. The smallest absolute Gasteiger partial charge is 0.261 e. The van der Waals surface area contributed by atoms with Crippen LogP contribution in [0.15, 0.2) is 71.2 Å². The first kappa shape index (κ1) is 29.1. The van der Waals surface area contributed by atoms with E-state index < -0.39 is 5.91 Å². The van der Waals surface area contributed by atoms with E-state index in [2.05, 4.69) is 38.8 Å². The van der Waals surface area contributed by atoms with Crippen LogP contribution in [-0.4, -0.2) is 30.1 Å². The number of carbonyl (C=O) groups excluding carboxylic acids is 2. The summed E-state index contributed by atoms with van der Waals surface area (Å²) < 4.78 is 12.1. The number of benzene rings is 3. The lowest BCUT2D eigenvalue weighted by Crippen LogP contribution is -2.35. The minimum absolute atomic E-state index is 0.0604. The van der Waals surface area contributed by atoms with Crippen LogP contribution in [0, 0.1) is 0 Å². The molecule has 3 aromatic rings. The summed E-state index contributed by atoms with van der Waals surface area (Å²) in [5.41, 5.74) is 1.82. The molecule has 3 aromatic carbocycles. The van der Waals surface area contributed by atoms with E-state index in [9.17, 15) is 9.59 Å². The number of hydrogen-bond donors (Lipinski definition) is 3. The van der Waals surface area contributed by atoms with Crippen LogP contribution in [0.1, 0.15) is 60.2 Å². The number of rotatable bonds is 12. The standard InChI is InChI=1S/C29H32BrN3O4S/c1-3-5-6-9-18-37-26-17-12-20(30)19-24(26)28(35)33-29(38)32-25-11-8-7-10-23(25)27(34)31-21-13-15-22(16-14-21)36-4-2/h7-8,10-17,19H,3-6,9,18H2,1-2H3,(H,31,34)(H2,32,33,35,38). The maximum atomic E-state index is 13.1. The molecule has 0 radical (unpaired) electrons. The highest BCUT2D eigenvalue weighted by Crippen LogP contribution is 2.24. The second-order valence-electron chi connectivity index (χ2n) is 8.41. The normalized spacial score (nSPS) is 10.4. The molecule has 3 N–H and O–H groups in total. The van der Waals surface area contributed by atoms with Gasteiger partial charge in [0.2, 0.25) is 0 Å². The molecule has 7 nitrogen and oxygen atoms in total. The number of ether oxygens (including phenoxy) is 2. The Hall–Kier alpha value is -3.43. The molecule has 0 saturated heterocycles. The summed E-state index contributed by atoms with van der Waals surface area (Å²) in [6.07, 6.45) is 4.29. The Morgan fingerprint density at radius 3 is 2.34 bits per heavy atom. The predicted octanol–water partition coefficient (Wildman–Crippen LogP) is 7.19. The first-order valence-corrected chi connectivity index (χ1v) is 13.8. The van der Waals surface area contributed by atoms with Gasteiger partial charge in [-0.2, -0.15) is 0 Å². The van der Waals surface area contributed by atoms with Gasteiger partial charge in [0, 0.05) is 10.2 Å². The fourth-order valence-electron chi connectivity index (χ4n) is 3.63. The second kappa shape index (κ2) is 15.1. The average Bonchev–Trinajstić information content (AvgIpc) is 2.90. The molecule has 0 unspecified atom stereocenters. The lowest BCUT2D eigenvalue weighted by atomic mass is 10.1. The van der Waals surface area contributed by atoms with E-state index in [-0.39, 0.29) is 11.0 Å². The SMILES string of the molecule is CCCCCCOc1ccc(Br)cc1C(=O)NC(=S)Nc1ccccc1C(=O)Nc1ccc(OCC)cc1. The summed E-state index contributed by atoms with van der Waals surface area (Å²) in [4.78, 5) is 26.0. The van der Waals surface area contributed by atoms with Crippen LogP contribution in [0.4, 0.5) is 11.4 Å². The van der Waals surface area contributed by atoms with Gasteiger partial charge in [-0.15, -0.1) is 0 Å². The zero-order valence-corrected chi connectivity index (χ0v) is 23.9. The van der Waals surface area contributed by atoms with Gasteiger partial charge in [0.1, 0.15) is 11.5 Å². The van der Waals surface area contributed by atoms with Gasteiger partial charge in [-0.3, -0.25) is 14.9 Å². The van der Waals surface area contributed by atoms with Gasteiger partial charge in [-0.25, -0.2) is 0 Å². The summed E-state index contributed by atoms with van der Waals surface area (Å²) in [7, 11) is 0. The fraction of sp³-hybridized carbons (Fsp3) is 0.276. The van der Waals surface area contributed by atoms with E-state index in [4.69, 9.17) is 21.7 Å². The highest BCUT2D eigenvalue weighted by Gasteiger charge is 2.17. The summed E-state index contributed by atoms with van der Waals surface area (Å²) in [6.45, 7) is 5.16. The van der Waals surface area contributed by atoms with Gasteiger partial charge in [0.15, 0.2) is 5.11 Å². The van der Waals surface area contributed by atoms with Gasteiger partial charge in [0.25, 0.3) is 11.8 Å². The van der Waals surface area contributed by atoms with E-state index in [1.807, 2.05) is 13.0 Å². The fourth-order valence-corrected chi connectivity index (χ4v) is 4.19. The Kier molecular flexibility index (Phi) is 11.6. The molecule has 200 valence electrons. The Balaban J connectivity index is 1.64. The van der Waals surface area contributed by atoms with Gasteiger partial charge in [0.05, 0.1) is 30.0 Å². The van der Waals surface area contributed by atoms with Crippen molar-refractivity contribution in [2.75, 3.05) is 23.8 Å². The minimum Gasteiger partial charge on any atom is -0.494 e. The van der Waals surface area contributed by atoms with E-state index >= 15 is 0 Å². The largest absolute Gasteiger partial charge is 0.494 e. The Morgan fingerprint density at radius 1 is 0.842 bits per heavy atom. The molecule has 0 aliphatic carbocycles. The third-order valence-electron chi connectivity index (χ3n) is 5.51. The molecular formula is C29H32BrN3O4S. The first-order valence-electron chi connectivity index (χ1n) is 12.6. The number of thiocarbonyl (C=S) groups is 1. The lowest BCUT2D eigenvalue weighted by molar-refractivity contribution is 0.0972. The molecule has 0 aliphatic heterocycles. The van der Waals surface area contributed by atoms with Crippen LogP contribution in [-0.2, 0) is 0 Å². The van der Waals surface area contributed by atoms with Gasteiger partial charge >= 0.3 is 0 Å². The molecule has 0 spiro atoms. The van der Waals surface area contributed by atoms with Crippen molar-refractivity contribution in [2.45, 2.75) is 39.5 Å². The lowest BCUT2D eigenvalue weighted by Gasteiger charge is -2.15. The van der Waals surface area contributed by atoms with Crippen molar-refractivity contribution in [3.8, 4) is 11.5 Å². The van der Waals surface area contributed by atoms with Crippen LogP contribution in [0.2, 0.25) is 0 Å². The zero-order chi connectivity index (χ0) is 27.3. The Labute approximate surface area is 237 Å². The molecule has 0 atom stereocenters. The summed E-state index contributed by atoms with van der Waals surface area (Å²) in [5, 5.41) is 8.59. The highest BCUT2D eigenvalue weighted by atomic mass is 79.9. The molecular weight excluding hydrogens is 566 g/mol. The highest BCUT2D eigenvalue weighted by molar-refractivity contribution is 9.10. The van der Waals surface area contributed by atoms with Crippen molar-refractivity contribution < 1.29 is 19.1 Å². The van der Waals surface area contributed by atoms with Crippen LogP contribution >= 0.6 is 28.1 Å². The third kappa shape index (κ3) is 8.85. The summed E-state index contributed by atoms with van der Waals surface area (Å²) >= 11 is 8.81. The predicted molar refractivity (Wildman–Crippen MR) is 159 cm³/mol. The molecule has 2 amide bonds. The van der Waals surface area contributed by atoms with Crippen LogP contribution < -0.4 is 25.4 Å². The number of halogens is 1. The van der Waals surface area contributed by atoms with E-state index in [1.165, 1.54) is 0 Å². The maximum Gasteiger partial charge on any atom is 0.261 e. The average molecular weight is 599 g/mol. The topological polar surface area (TPSA) is 88.7 Å². The van der Waals surface area contributed by atoms with E-state index in [0.717, 1.165) is 35.9 Å². The van der Waals surface area contributed by atoms with Gasteiger partial charge < -0.3 is 20.1 Å². The first-order chi connectivity index (χ1) is 18.4. The summed E-state index contributed by atoms with van der Waals surface area (Å²) in [5.74, 6) is 0.477. The number of unbranched alkanes of at least 4 members (excludes halogenated alkanes) is 3. The molecule has 9 heteroatoms. The van der Waals surface area contributed by atoms with E-state index in [0.29, 0.717) is 41.5 Å². The van der Waals surface area contributed by atoms with Crippen molar-refractivity contribution in [3.05, 3.63) is 82.3 Å². The van der Waals surface area contributed by atoms with Gasteiger partial charge in [-0.1, -0.05) is 54.2 Å². The molecule has 0 heterocycles. The third-order valence-corrected chi connectivity index (χ3v) is 6.21. The monoisotopic (exact) mass is 597 g/mol. The number of para-hydroxylation sites is 1. The molecule has 0 bridgehead atoms. The molecule has 0 aliphatic rings. The second-order valence-corrected chi connectivity index (χ2v) is 9.74. The minimum atomic E-state index is -0.413.